The fourth-order valence-corrected chi connectivity index (χ4v) is 4.38. The number of hydrogen-bond donors (Lipinski definition) is 1. The van der Waals surface area contributed by atoms with Gasteiger partial charge >= 0.3 is 0 Å². The number of rotatable bonds is 6. The predicted molar refractivity (Wildman–Crippen MR) is 117 cm³/mol. The molecule has 1 aliphatic heterocycles. The Morgan fingerprint density at radius 2 is 1.83 bits per heavy atom. The largest absolute Gasteiger partial charge is 0.503 e. The van der Waals surface area contributed by atoms with Crippen molar-refractivity contribution in [1.29, 1.82) is 0 Å². The van der Waals surface area contributed by atoms with E-state index in [0.717, 1.165) is 11.1 Å². The van der Waals surface area contributed by atoms with Crippen molar-refractivity contribution in [3.05, 3.63) is 93.4 Å². The standard InChI is InChI=1S/C24H21NO4S/c1-3-29-17-12-10-16(11-13-17)25-21(18-8-5-4-7-15(18)2)20(23(27)24(25)28)22(26)19-9-6-14-30-19/h4-14,21,27H,3H2,1-2H3. The summed E-state index contributed by atoms with van der Waals surface area (Å²) >= 11 is 1.29. The summed E-state index contributed by atoms with van der Waals surface area (Å²) in [5, 5.41) is 12.6. The van der Waals surface area contributed by atoms with Crippen molar-refractivity contribution in [2.24, 2.45) is 0 Å². The van der Waals surface area contributed by atoms with Crippen LogP contribution >= 0.6 is 11.3 Å². The highest BCUT2D eigenvalue weighted by atomic mass is 32.1. The first-order chi connectivity index (χ1) is 14.5. The zero-order valence-corrected chi connectivity index (χ0v) is 17.5. The molecular weight excluding hydrogens is 398 g/mol. The van der Waals surface area contributed by atoms with Gasteiger partial charge in [0.05, 0.1) is 23.1 Å². The zero-order valence-electron chi connectivity index (χ0n) is 16.7. The molecule has 2 aromatic carbocycles. The molecule has 5 nitrogen and oxygen atoms in total. The number of benzene rings is 2. The molecule has 0 aliphatic carbocycles. The molecule has 0 radical (unpaired) electrons. The van der Waals surface area contributed by atoms with Crippen molar-refractivity contribution < 1.29 is 19.4 Å². The normalized spacial score (nSPS) is 16.3. The summed E-state index contributed by atoms with van der Waals surface area (Å²) in [6.45, 7) is 4.37. The lowest BCUT2D eigenvalue weighted by Gasteiger charge is -2.28. The molecular formula is C24H21NO4S. The highest BCUT2D eigenvalue weighted by Gasteiger charge is 2.45. The molecule has 2 heterocycles. The highest BCUT2D eigenvalue weighted by Crippen LogP contribution is 2.43. The molecule has 152 valence electrons. The zero-order chi connectivity index (χ0) is 21.3. The van der Waals surface area contributed by atoms with Crippen LogP contribution in [0.25, 0.3) is 0 Å². The van der Waals surface area contributed by atoms with Gasteiger partial charge in [-0.3, -0.25) is 14.5 Å². The van der Waals surface area contributed by atoms with Crippen LogP contribution in [0.2, 0.25) is 0 Å². The third kappa shape index (κ3) is 3.39. The van der Waals surface area contributed by atoms with Crippen molar-refractivity contribution in [3.8, 4) is 5.75 Å². The van der Waals surface area contributed by atoms with E-state index in [-0.39, 0.29) is 11.4 Å². The second-order valence-corrected chi connectivity index (χ2v) is 7.88. The van der Waals surface area contributed by atoms with Gasteiger partial charge < -0.3 is 9.84 Å². The minimum atomic E-state index is -0.716. The molecule has 1 aliphatic rings. The Morgan fingerprint density at radius 3 is 2.47 bits per heavy atom. The fraction of sp³-hybridized carbons (Fsp3) is 0.167. The molecule has 4 rings (SSSR count). The first kappa shape index (κ1) is 19.9. The summed E-state index contributed by atoms with van der Waals surface area (Å²) in [6, 6.07) is 17.4. The molecule has 0 spiro atoms. The van der Waals surface area contributed by atoms with Gasteiger partial charge in [0.1, 0.15) is 5.75 Å². The van der Waals surface area contributed by atoms with Crippen LogP contribution in [-0.2, 0) is 4.79 Å². The lowest BCUT2D eigenvalue weighted by Crippen LogP contribution is -2.31. The molecule has 0 saturated heterocycles. The van der Waals surface area contributed by atoms with Crippen molar-refractivity contribution in [2.75, 3.05) is 11.5 Å². The van der Waals surface area contributed by atoms with Gasteiger partial charge in [-0.2, -0.15) is 0 Å². The fourth-order valence-electron chi connectivity index (χ4n) is 3.70. The summed E-state index contributed by atoms with van der Waals surface area (Å²) in [7, 11) is 0. The number of Topliss-reactive ketones (excluding diaryl/α,β-unsaturated/α-hetero) is 1. The molecule has 0 bridgehead atoms. The second kappa shape index (κ2) is 8.16. The van der Waals surface area contributed by atoms with E-state index in [4.69, 9.17) is 4.74 Å². The summed E-state index contributed by atoms with van der Waals surface area (Å²) in [6.07, 6.45) is 0. The van der Waals surface area contributed by atoms with Gasteiger partial charge in [0, 0.05) is 5.69 Å². The first-order valence-corrected chi connectivity index (χ1v) is 10.5. The van der Waals surface area contributed by atoms with Gasteiger partial charge in [0.2, 0.25) is 5.78 Å². The quantitative estimate of drug-likeness (QED) is 0.555. The van der Waals surface area contributed by atoms with Crippen LogP contribution in [0.3, 0.4) is 0 Å². The number of aliphatic hydroxyl groups is 1. The van der Waals surface area contributed by atoms with Crippen LogP contribution in [0.15, 0.2) is 77.4 Å². The topological polar surface area (TPSA) is 66.8 Å². The van der Waals surface area contributed by atoms with Crippen LogP contribution in [-0.4, -0.2) is 23.4 Å². The second-order valence-electron chi connectivity index (χ2n) is 6.93. The summed E-state index contributed by atoms with van der Waals surface area (Å²) < 4.78 is 5.49. The van der Waals surface area contributed by atoms with Crippen molar-refractivity contribution in [3.63, 3.8) is 0 Å². The molecule has 1 aromatic heterocycles. The third-order valence-electron chi connectivity index (χ3n) is 5.11. The van der Waals surface area contributed by atoms with E-state index in [1.54, 1.807) is 41.8 Å². The van der Waals surface area contributed by atoms with Gasteiger partial charge in [-0.05, 0) is 60.7 Å². The number of carbonyl (C=O) groups excluding carboxylic acids is 2. The summed E-state index contributed by atoms with van der Waals surface area (Å²) in [5.41, 5.74) is 2.41. The predicted octanol–water partition coefficient (Wildman–Crippen LogP) is 5.24. The number of ether oxygens (including phenoxy) is 1. The van der Waals surface area contributed by atoms with Crippen molar-refractivity contribution in [1.82, 2.24) is 0 Å². The molecule has 1 amide bonds. The molecule has 1 atom stereocenters. The maximum absolute atomic E-state index is 13.3. The van der Waals surface area contributed by atoms with Crippen molar-refractivity contribution in [2.45, 2.75) is 19.9 Å². The van der Waals surface area contributed by atoms with Crippen molar-refractivity contribution >= 4 is 28.7 Å². The molecule has 1 N–H and O–H groups in total. The van der Waals surface area contributed by atoms with E-state index in [2.05, 4.69) is 0 Å². The number of aryl methyl sites for hydroxylation is 1. The third-order valence-corrected chi connectivity index (χ3v) is 5.98. The van der Waals surface area contributed by atoms with Gasteiger partial charge in [-0.1, -0.05) is 30.3 Å². The Kier molecular flexibility index (Phi) is 5.42. The molecule has 1 unspecified atom stereocenters. The number of hydrogen-bond acceptors (Lipinski definition) is 5. The highest BCUT2D eigenvalue weighted by molar-refractivity contribution is 7.12. The van der Waals surface area contributed by atoms with E-state index in [9.17, 15) is 14.7 Å². The first-order valence-electron chi connectivity index (χ1n) is 9.66. The van der Waals surface area contributed by atoms with Crippen LogP contribution in [0.1, 0.15) is 33.8 Å². The lowest BCUT2D eigenvalue weighted by molar-refractivity contribution is -0.117. The Labute approximate surface area is 178 Å². The number of amides is 1. The molecule has 30 heavy (non-hydrogen) atoms. The maximum Gasteiger partial charge on any atom is 0.294 e. The van der Waals surface area contributed by atoms with E-state index in [1.807, 2.05) is 38.1 Å². The van der Waals surface area contributed by atoms with Crippen LogP contribution in [0.4, 0.5) is 5.69 Å². The molecule has 6 heteroatoms. The average molecular weight is 420 g/mol. The van der Waals surface area contributed by atoms with Crippen LogP contribution in [0.5, 0.6) is 5.75 Å². The van der Waals surface area contributed by atoms with Crippen LogP contribution < -0.4 is 9.64 Å². The summed E-state index contributed by atoms with van der Waals surface area (Å²) in [4.78, 5) is 28.4. The number of anilines is 1. The average Bonchev–Trinajstić information content (AvgIpc) is 3.37. The van der Waals surface area contributed by atoms with E-state index in [1.165, 1.54) is 16.2 Å². The van der Waals surface area contributed by atoms with E-state index < -0.39 is 17.7 Å². The Hall–Kier alpha value is -3.38. The maximum atomic E-state index is 13.3. The number of ketones is 1. The van der Waals surface area contributed by atoms with Gasteiger partial charge in [-0.25, -0.2) is 0 Å². The van der Waals surface area contributed by atoms with Gasteiger partial charge in [0.25, 0.3) is 5.91 Å². The molecule has 0 fully saturated rings. The molecule has 3 aromatic rings. The smallest absolute Gasteiger partial charge is 0.294 e. The number of nitrogens with zero attached hydrogens (tertiary/aromatic N) is 1. The minimum absolute atomic E-state index is 0.102. The SMILES string of the molecule is CCOc1ccc(N2C(=O)C(O)=C(C(=O)c3cccs3)C2c2ccccc2C)cc1. The minimum Gasteiger partial charge on any atom is -0.503 e. The Morgan fingerprint density at radius 1 is 1.10 bits per heavy atom. The lowest BCUT2D eigenvalue weighted by atomic mass is 9.92. The number of thiophene rings is 1. The number of carbonyl (C=O) groups is 2. The Balaban J connectivity index is 1.85. The number of aliphatic hydroxyl groups excluding tert-OH is 1. The van der Waals surface area contributed by atoms with E-state index in [0.29, 0.717) is 22.9 Å². The van der Waals surface area contributed by atoms with Crippen LogP contribution in [0, 0.1) is 6.92 Å². The molecule has 0 saturated carbocycles. The Bertz CT molecular complexity index is 1120. The van der Waals surface area contributed by atoms with Gasteiger partial charge in [0.15, 0.2) is 5.76 Å². The summed E-state index contributed by atoms with van der Waals surface area (Å²) in [5.74, 6) is -0.743. The van der Waals surface area contributed by atoms with Gasteiger partial charge in [-0.15, -0.1) is 11.3 Å². The monoisotopic (exact) mass is 419 g/mol. The van der Waals surface area contributed by atoms with E-state index >= 15 is 0 Å².